The highest BCUT2D eigenvalue weighted by atomic mass is 16.3. The third-order valence-electron chi connectivity index (χ3n) is 10.6. The number of hydrogen-bond donors (Lipinski definition) is 2. The van der Waals surface area contributed by atoms with E-state index in [0.717, 1.165) is 19.3 Å². The highest BCUT2D eigenvalue weighted by Gasteiger charge is 2.57. The van der Waals surface area contributed by atoms with Crippen LogP contribution in [0.1, 0.15) is 85.1 Å². The molecule has 2 nitrogen and oxygen atoms in total. The van der Waals surface area contributed by atoms with Crippen LogP contribution in [0.15, 0.2) is 47.1 Å². The van der Waals surface area contributed by atoms with Crippen molar-refractivity contribution in [3.63, 3.8) is 0 Å². The fraction of sp³-hybridized carbons (Fsp3) is 0.667. The smallest absolute Gasteiger partial charge is 0.115 e. The average Bonchev–Trinajstić information content (AvgIpc) is 3.08. The van der Waals surface area contributed by atoms with Gasteiger partial charge < -0.3 is 10.2 Å². The number of allylic oxidation sites excluding steroid dienone is 4. The van der Waals surface area contributed by atoms with Crippen molar-refractivity contribution in [1.29, 1.82) is 0 Å². The lowest BCUT2D eigenvalue weighted by Crippen LogP contribution is -2.53. The Morgan fingerprint density at radius 1 is 1.03 bits per heavy atom. The third-order valence-corrected chi connectivity index (χ3v) is 10.6. The molecular formula is C30H42O2. The third kappa shape index (κ3) is 3.16. The second kappa shape index (κ2) is 7.49. The Balaban J connectivity index is 1.43. The van der Waals surface area contributed by atoms with Gasteiger partial charge in [-0.05, 0) is 114 Å². The highest BCUT2D eigenvalue weighted by molar-refractivity contribution is 5.50. The number of hydrogen-bond acceptors (Lipinski definition) is 2. The summed E-state index contributed by atoms with van der Waals surface area (Å²) in [5.74, 6) is 2.23. The van der Waals surface area contributed by atoms with Gasteiger partial charge in [0.2, 0.25) is 0 Å². The van der Waals surface area contributed by atoms with Gasteiger partial charge >= 0.3 is 0 Å². The van der Waals surface area contributed by atoms with Crippen molar-refractivity contribution >= 4 is 0 Å². The van der Waals surface area contributed by atoms with Crippen molar-refractivity contribution in [3.05, 3.63) is 52.6 Å². The molecule has 0 saturated heterocycles. The number of fused-ring (bicyclic) bond motifs is 4. The monoisotopic (exact) mass is 434 g/mol. The van der Waals surface area contributed by atoms with E-state index in [4.69, 9.17) is 0 Å². The van der Waals surface area contributed by atoms with Gasteiger partial charge in [0, 0.05) is 0 Å². The molecule has 0 radical (unpaired) electrons. The molecule has 2 N–H and O–H groups in total. The van der Waals surface area contributed by atoms with Crippen LogP contribution in [-0.4, -0.2) is 16.3 Å². The van der Waals surface area contributed by atoms with Crippen molar-refractivity contribution in [2.24, 2.45) is 34.0 Å². The first-order valence-corrected chi connectivity index (χ1v) is 13.0. The van der Waals surface area contributed by atoms with Crippen LogP contribution in [0.4, 0.5) is 0 Å². The molecule has 0 heterocycles. The summed E-state index contributed by atoms with van der Waals surface area (Å²) >= 11 is 0. The summed E-state index contributed by atoms with van der Waals surface area (Å²) in [6.07, 6.45) is 11.7. The number of phenolic OH excluding ortho intramolecular Hbond substituents is 1. The lowest BCUT2D eigenvalue weighted by atomic mass is 9.46. The molecule has 0 aromatic heterocycles. The molecule has 0 bridgehead atoms. The lowest BCUT2D eigenvalue weighted by molar-refractivity contribution is -0.0905. The van der Waals surface area contributed by atoms with Crippen LogP contribution < -0.4 is 0 Å². The van der Waals surface area contributed by atoms with E-state index >= 15 is 0 Å². The van der Waals surface area contributed by atoms with Crippen molar-refractivity contribution in [1.82, 2.24) is 0 Å². The fourth-order valence-electron chi connectivity index (χ4n) is 8.77. The maximum Gasteiger partial charge on any atom is 0.115 e. The van der Waals surface area contributed by atoms with E-state index < -0.39 is 0 Å². The maximum absolute atomic E-state index is 10.8. The quantitative estimate of drug-likeness (QED) is 0.527. The van der Waals surface area contributed by atoms with Gasteiger partial charge in [-0.3, -0.25) is 0 Å². The molecule has 174 valence electrons. The van der Waals surface area contributed by atoms with Gasteiger partial charge in [-0.25, -0.2) is 0 Å². The minimum atomic E-state index is -0.162. The molecule has 1 saturated carbocycles. The predicted octanol–water partition coefficient (Wildman–Crippen LogP) is 7.21. The number of aliphatic hydroxyl groups is 1. The number of phenols is 1. The Hall–Kier alpha value is -1.54. The number of aliphatic hydroxyl groups excluding tert-OH is 1. The Morgan fingerprint density at radius 2 is 1.81 bits per heavy atom. The number of rotatable bonds is 3. The summed E-state index contributed by atoms with van der Waals surface area (Å²) in [6.45, 7) is 12.1. The van der Waals surface area contributed by atoms with E-state index in [2.05, 4.69) is 46.8 Å². The standard InChI is InChI=1S/C30H42O2/c1-19(17-20-7-6-8-21(31)18-20)23-10-11-24-22-9-12-26-28(2,3)27(32)14-16-30(26,5)25(22)13-15-29(23,24)4/h6-8,11,18-19,23,26-27,31-32H,9-10,12-17H2,1-5H3/t19-,23-,26?,27?,29-,30-/m1/s1. The van der Waals surface area contributed by atoms with Gasteiger partial charge in [-0.1, -0.05) is 58.4 Å². The predicted molar refractivity (Wildman–Crippen MR) is 131 cm³/mol. The Morgan fingerprint density at radius 3 is 2.56 bits per heavy atom. The van der Waals surface area contributed by atoms with Crippen LogP contribution in [-0.2, 0) is 6.42 Å². The minimum Gasteiger partial charge on any atom is -0.508 e. The molecule has 32 heavy (non-hydrogen) atoms. The first-order chi connectivity index (χ1) is 15.1. The second-order valence-corrected chi connectivity index (χ2v) is 12.6. The van der Waals surface area contributed by atoms with E-state index in [0.29, 0.717) is 23.5 Å². The van der Waals surface area contributed by atoms with Crippen molar-refractivity contribution in [2.75, 3.05) is 0 Å². The molecule has 0 spiro atoms. The Labute approximate surface area is 194 Å². The molecule has 4 aliphatic carbocycles. The first kappa shape index (κ1) is 22.3. The van der Waals surface area contributed by atoms with Crippen LogP contribution in [0.2, 0.25) is 0 Å². The summed E-state index contributed by atoms with van der Waals surface area (Å²) in [6, 6.07) is 7.83. The molecule has 2 heteroatoms. The molecule has 5 rings (SSSR count). The Kier molecular flexibility index (Phi) is 5.21. The largest absolute Gasteiger partial charge is 0.508 e. The molecule has 4 aliphatic rings. The van der Waals surface area contributed by atoms with Gasteiger partial charge in [0.1, 0.15) is 5.75 Å². The highest BCUT2D eigenvalue weighted by Crippen LogP contribution is 2.66. The average molecular weight is 435 g/mol. The van der Waals surface area contributed by atoms with Crippen LogP contribution in [0.25, 0.3) is 0 Å². The van der Waals surface area contributed by atoms with Gasteiger partial charge in [-0.2, -0.15) is 0 Å². The number of benzene rings is 1. The molecule has 0 amide bonds. The van der Waals surface area contributed by atoms with Crippen LogP contribution in [0.3, 0.4) is 0 Å². The normalized spacial score (nSPS) is 39.1. The maximum atomic E-state index is 10.8. The molecule has 1 fully saturated rings. The molecule has 1 aromatic carbocycles. The lowest BCUT2D eigenvalue weighted by Gasteiger charge is -2.59. The van der Waals surface area contributed by atoms with E-state index in [1.807, 2.05) is 12.1 Å². The number of aromatic hydroxyl groups is 1. The van der Waals surface area contributed by atoms with Crippen LogP contribution >= 0.6 is 0 Å². The van der Waals surface area contributed by atoms with E-state index in [-0.39, 0.29) is 22.3 Å². The summed E-state index contributed by atoms with van der Waals surface area (Å²) in [5.41, 5.74) is 6.92. The minimum absolute atomic E-state index is 0.00856. The topological polar surface area (TPSA) is 40.5 Å². The zero-order chi connectivity index (χ0) is 22.9. The molecular weight excluding hydrogens is 392 g/mol. The van der Waals surface area contributed by atoms with E-state index in [1.54, 1.807) is 22.8 Å². The van der Waals surface area contributed by atoms with Crippen LogP contribution in [0.5, 0.6) is 5.75 Å². The summed E-state index contributed by atoms with van der Waals surface area (Å²) in [5, 5.41) is 20.7. The van der Waals surface area contributed by atoms with Crippen molar-refractivity contribution in [3.8, 4) is 5.75 Å². The fourth-order valence-corrected chi connectivity index (χ4v) is 8.77. The van der Waals surface area contributed by atoms with Crippen LogP contribution in [0, 0.1) is 34.0 Å². The second-order valence-electron chi connectivity index (χ2n) is 12.6. The molecule has 1 aromatic rings. The zero-order valence-electron chi connectivity index (χ0n) is 20.7. The van der Waals surface area contributed by atoms with E-state index in [9.17, 15) is 10.2 Å². The van der Waals surface area contributed by atoms with Crippen molar-refractivity contribution < 1.29 is 10.2 Å². The molecule has 2 unspecified atom stereocenters. The SMILES string of the molecule is C[C@H](Cc1cccc(O)c1)[C@H]1CC=C2C3=C(CC[C@@]21C)[C@@]1(C)CCC(O)C(C)(C)C1CC3. The van der Waals surface area contributed by atoms with E-state index in [1.165, 1.54) is 37.7 Å². The summed E-state index contributed by atoms with van der Waals surface area (Å²) in [4.78, 5) is 0. The zero-order valence-corrected chi connectivity index (χ0v) is 20.7. The van der Waals surface area contributed by atoms with Crippen molar-refractivity contribution in [2.45, 2.75) is 92.1 Å². The summed E-state index contributed by atoms with van der Waals surface area (Å²) < 4.78 is 0. The Bertz CT molecular complexity index is 969. The van der Waals surface area contributed by atoms with Gasteiger partial charge in [-0.15, -0.1) is 0 Å². The molecule has 0 aliphatic heterocycles. The summed E-state index contributed by atoms with van der Waals surface area (Å²) in [7, 11) is 0. The van der Waals surface area contributed by atoms with Gasteiger partial charge in [0.05, 0.1) is 6.10 Å². The van der Waals surface area contributed by atoms with Gasteiger partial charge in [0.25, 0.3) is 0 Å². The first-order valence-electron chi connectivity index (χ1n) is 13.0. The van der Waals surface area contributed by atoms with Gasteiger partial charge in [0.15, 0.2) is 0 Å². The molecule has 6 atom stereocenters.